The number of halogens is 1. The first-order valence-electron chi connectivity index (χ1n) is 6.17. The molecular formula is C11H23IN4O2S. The molecule has 0 unspecified atom stereocenters. The van der Waals surface area contributed by atoms with E-state index in [9.17, 15) is 8.42 Å². The topological polar surface area (TPSA) is 82.6 Å². The SMILES string of the molecule is CCS(=O)(=O)NCCNC(=NC)NC1CC=CC1.I. The predicted molar refractivity (Wildman–Crippen MR) is 89.5 cm³/mol. The van der Waals surface area contributed by atoms with Gasteiger partial charge >= 0.3 is 0 Å². The van der Waals surface area contributed by atoms with E-state index in [1.54, 1.807) is 14.0 Å². The molecule has 0 aromatic rings. The second kappa shape index (κ2) is 9.54. The summed E-state index contributed by atoms with van der Waals surface area (Å²) in [6, 6.07) is 0.392. The highest BCUT2D eigenvalue weighted by Crippen LogP contribution is 2.08. The average molecular weight is 402 g/mol. The van der Waals surface area contributed by atoms with Gasteiger partial charge in [-0.3, -0.25) is 4.99 Å². The molecular weight excluding hydrogens is 379 g/mol. The summed E-state index contributed by atoms with van der Waals surface area (Å²) in [7, 11) is -1.40. The molecule has 1 aliphatic rings. The number of aliphatic imine (C=N–C) groups is 1. The van der Waals surface area contributed by atoms with Crippen molar-refractivity contribution in [3.05, 3.63) is 12.2 Å². The van der Waals surface area contributed by atoms with Gasteiger partial charge in [-0.1, -0.05) is 12.2 Å². The number of hydrogen-bond donors (Lipinski definition) is 3. The Balaban J connectivity index is 0.00000324. The fourth-order valence-electron chi connectivity index (χ4n) is 1.61. The van der Waals surface area contributed by atoms with Crippen molar-refractivity contribution in [2.45, 2.75) is 25.8 Å². The van der Waals surface area contributed by atoms with Crippen LogP contribution in [-0.4, -0.2) is 46.3 Å². The predicted octanol–water partition coefficient (Wildman–Crippen LogP) is 0.427. The third-order valence-electron chi connectivity index (χ3n) is 2.69. The van der Waals surface area contributed by atoms with Gasteiger partial charge in [0.05, 0.1) is 5.75 Å². The van der Waals surface area contributed by atoms with Crippen LogP contribution in [0.4, 0.5) is 0 Å². The van der Waals surface area contributed by atoms with Crippen molar-refractivity contribution in [2.75, 3.05) is 25.9 Å². The Morgan fingerprint density at radius 2 is 1.95 bits per heavy atom. The maximum atomic E-state index is 11.2. The van der Waals surface area contributed by atoms with Crippen LogP contribution in [-0.2, 0) is 10.0 Å². The Morgan fingerprint density at radius 1 is 1.32 bits per heavy atom. The van der Waals surface area contributed by atoms with Crippen molar-refractivity contribution < 1.29 is 8.42 Å². The third kappa shape index (κ3) is 7.73. The van der Waals surface area contributed by atoms with Crippen LogP contribution >= 0.6 is 24.0 Å². The lowest BCUT2D eigenvalue weighted by molar-refractivity contribution is 0.580. The molecule has 19 heavy (non-hydrogen) atoms. The molecule has 0 saturated carbocycles. The summed E-state index contributed by atoms with van der Waals surface area (Å²) in [4.78, 5) is 4.10. The second-order valence-corrected chi connectivity index (χ2v) is 6.18. The van der Waals surface area contributed by atoms with Gasteiger partial charge < -0.3 is 10.6 Å². The Morgan fingerprint density at radius 3 is 2.47 bits per heavy atom. The molecule has 0 saturated heterocycles. The lowest BCUT2D eigenvalue weighted by Crippen LogP contribution is -2.45. The summed E-state index contributed by atoms with van der Waals surface area (Å²) in [6.45, 7) is 2.49. The van der Waals surface area contributed by atoms with Crippen LogP contribution in [0.25, 0.3) is 0 Å². The third-order valence-corrected chi connectivity index (χ3v) is 4.10. The summed E-state index contributed by atoms with van der Waals surface area (Å²) in [5.41, 5.74) is 0. The smallest absolute Gasteiger partial charge is 0.211 e. The van der Waals surface area contributed by atoms with Crippen molar-refractivity contribution in [1.82, 2.24) is 15.4 Å². The molecule has 8 heteroatoms. The van der Waals surface area contributed by atoms with Gasteiger partial charge in [0.2, 0.25) is 10.0 Å². The van der Waals surface area contributed by atoms with E-state index in [4.69, 9.17) is 0 Å². The molecule has 0 atom stereocenters. The van der Waals surface area contributed by atoms with Gasteiger partial charge in [0.1, 0.15) is 0 Å². The van der Waals surface area contributed by atoms with Gasteiger partial charge in [0.15, 0.2) is 5.96 Å². The number of guanidine groups is 1. The first-order chi connectivity index (χ1) is 8.57. The summed E-state index contributed by atoms with van der Waals surface area (Å²) >= 11 is 0. The maximum Gasteiger partial charge on any atom is 0.211 e. The molecule has 0 spiro atoms. The summed E-state index contributed by atoms with van der Waals surface area (Å²) in [5.74, 6) is 0.813. The first-order valence-corrected chi connectivity index (χ1v) is 7.82. The van der Waals surface area contributed by atoms with Crippen molar-refractivity contribution in [1.29, 1.82) is 0 Å². The lowest BCUT2D eigenvalue weighted by atomic mass is 10.2. The Labute approximate surface area is 132 Å². The zero-order valence-electron chi connectivity index (χ0n) is 11.3. The molecule has 3 N–H and O–H groups in total. The maximum absolute atomic E-state index is 11.2. The molecule has 0 aromatic heterocycles. The molecule has 0 aliphatic heterocycles. The number of nitrogens with zero attached hydrogens (tertiary/aromatic N) is 1. The van der Waals surface area contributed by atoms with E-state index in [0.29, 0.717) is 25.1 Å². The monoisotopic (exact) mass is 402 g/mol. The molecule has 0 amide bonds. The molecule has 0 fully saturated rings. The minimum absolute atomic E-state index is 0. The van der Waals surface area contributed by atoms with E-state index >= 15 is 0 Å². The number of sulfonamides is 1. The van der Waals surface area contributed by atoms with E-state index < -0.39 is 10.0 Å². The van der Waals surface area contributed by atoms with Crippen LogP contribution in [0.3, 0.4) is 0 Å². The van der Waals surface area contributed by atoms with E-state index in [0.717, 1.165) is 12.8 Å². The Hall–Kier alpha value is -0.350. The molecule has 1 aliphatic carbocycles. The minimum atomic E-state index is -3.11. The lowest BCUT2D eigenvalue weighted by Gasteiger charge is -2.16. The molecule has 0 aromatic carbocycles. The van der Waals surface area contributed by atoms with Crippen molar-refractivity contribution in [2.24, 2.45) is 4.99 Å². The van der Waals surface area contributed by atoms with Gasteiger partial charge in [0, 0.05) is 26.2 Å². The molecule has 6 nitrogen and oxygen atoms in total. The minimum Gasteiger partial charge on any atom is -0.355 e. The first kappa shape index (κ1) is 18.7. The number of rotatable bonds is 6. The fraction of sp³-hybridized carbons (Fsp3) is 0.727. The number of hydrogen-bond acceptors (Lipinski definition) is 3. The molecule has 112 valence electrons. The van der Waals surface area contributed by atoms with Gasteiger partial charge in [-0.25, -0.2) is 13.1 Å². The Kier molecular flexibility index (Phi) is 9.36. The van der Waals surface area contributed by atoms with Crippen LogP contribution in [0.15, 0.2) is 17.1 Å². The highest BCUT2D eigenvalue weighted by molar-refractivity contribution is 14.0. The Bertz CT molecular complexity index is 401. The largest absolute Gasteiger partial charge is 0.355 e. The van der Waals surface area contributed by atoms with Crippen LogP contribution in [0.1, 0.15) is 19.8 Å². The van der Waals surface area contributed by atoms with Crippen LogP contribution < -0.4 is 15.4 Å². The number of nitrogens with one attached hydrogen (secondary N) is 3. The van der Waals surface area contributed by atoms with Gasteiger partial charge in [0.25, 0.3) is 0 Å². The quantitative estimate of drug-likeness (QED) is 0.198. The molecule has 0 heterocycles. The van der Waals surface area contributed by atoms with Crippen molar-refractivity contribution >= 4 is 40.0 Å². The van der Waals surface area contributed by atoms with Gasteiger partial charge in [-0.05, 0) is 19.8 Å². The van der Waals surface area contributed by atoms with E-state index in [2.05, 4.69) is 32.5 Å². The van der Waals surface area contributed by atoms with Gasteiger partial charge in [-0.15, -0.1) is 24.0 Å². The standard InChI is InChI=1S/C11H22N4O2S.HI/c1-3-18(16,17)14-9-8-13-11(12-2)15-10-6-4-5-7-10;/h4-5,10,14H,3,6-9H2,1-2H3,(H2,12,13,15);1H. The van der Waals surface area contributed by atoms with E-state index in [1.165, 1.54) is 0 Å². The molecule has 0 radical (unpaired) electrons. The van der Waals surface area contributed by atoms with Crippen molar-refractivity contribution in [3.63, 3.8) is 0 Å². The highest BCUT2D eigenvalue weighted by Gasteiger charge is 2.11. The highest BCUT2D eigenvalue weighted by atomic mass is 127. The summed E-state index contributed by atoms with van der Waals surface area (Å²) in [5, 5.41) is 6.35. The van der Waals surface area contributed by atoms with Crippen LogP contribution in [0.2, 0.25) is 0 Å². The average Bonchev–Trinajstić information content (AvgIpc) is 2.86. The van der Waals surface area contributed by atoms with Gasteiger partial charge in [-0.2, -0.15) is 0 Å². The van der Waals surface area contributed by atoms with E-state index in [-0.39, 0.29) is 29.7 Å². The van der Waals surface area contributed by atoms with Crippen LogP contribution in [0.5, 0.6) is 0 Å². The van der Waals surface area contributed by atoms with E-state index in [1.807, 2.05) is 0 Å². The van der Waals surface area contributed by atoms with Crippen molar-refractivity contribution in [3.8, 4) is 0 Å². The second-order valence-electron chi connectivity index (χ2n) is 4.08. The summed E-state index contributed by atoms with van der Waals surface area (Å²) in [6.07, 6.45) is 6.28. The fourth-order valence-corrected chi connectivity index (χ4v) is 2.23. The molecule has 0 bridgehead atoms. The van der Waals surface area contributed by atoms with Crippen LogP contribution in [0, 0.1) is 0 Å². The molecule has 1 rings (SSSR count). The normalized spacial score (nSPS) is 16.2. The zero-order valence-corrected chi connectivity index (χ0v) is 14.5. The summed E-state index contributed by atoms with van der Waals surface area (Å²) < 4.78 is 24.9. The zero-order chi connectivity index (χ0) is 13.4.